The van der Waals surface area contributed by atoms with Crippen molar-refractivity contribution in [3.63, 3.8) is 0 Å². The molecule has 3 unspecified atom stereocenters. The third kappa shape index (κ3) is 51.9. The van der Waals surface area contributed by atoms with Crippen molar-refractivity contribution in [1.29, 1.82) is 0 Å². The molecule has 0 saturated heterocycles. The number of esters is 4. The minimum atomic E-state index is -4.94. The smallest absolute Gasteiger partial charge is 0.462 e. The van der Waals surface area contributed by atoms with Gasteiger partial charge in [0, 0.05) is 25.7 Å². The van der Waals surface area contributed by atoms with Crippen LogP contribution in [0.15, 0.2) is 0 Å². The molecule has 0 heterocycles. The van der Waals surface area contributed by atoms with E-state index in [9.17, 15) is 43.2 Å². The first kappa shape index (κ1) is 75.1. The van der Waals surface area contributed by atoms with E-state index < -0.39 is 97.5 Å². The molecule has 0 aromatic heterocycles. The summed E-state index contributed by atoms with van der Waals surface area (Å²) in [6, 6.07) is 0. The quantitative estimate of drug-likeness (QED) is 0.0222. The molecule has 0 aliphatic rings. The Morgan fingerprint density at radius 3 is 0.922 bits per heavy atom. The fraction of sp³-hybridized carbons (Fsp3) is 0.931. The highest BCUT2D eigenvalue weighted by Gasteiger charge is 2.30. The Morgan fingerprint density at radius 1 is 0.364 bits per heavy atom. The van der Waals surface area contributed by atoms with Crippen molar-refractivity contribution in [1.82, 2.24) is 0 Å². The van der Waals surface area contributed by atoms with Crippen LogP contribution in [0.5, 0.6) is 0 Å². The maximum absolute atomic E-state index is 12.9. The van der Waals surface area contributed by atoms with Gasteiger partial charge < -0.3 is 33.8 Å². The first-order valence-electron chi connectivity index (χ1n) is 30.7. The number of carbonyl (C=O) groups excluding carboxylic acids is 4. The Kier molecular flexibility index (Phi) is 50.8. The topological polar surface area (TPSA) is 237 Å². The number of rotatable bonds is 58. The summed E-state index contributed by atoms with van der Waals surface area (Å²) in [5.41, 5.74) is 0. The highest BCUT2D eigenvalue weighted by molar-refractivity contribution is 7.47. The number of aliphatic hydroxyl groups is 1. The Balaban J connectivity index is 5.22. The number of ether oxygens (including phenoxy) is 4. The molecule has 0 fully saturated rings. The lowest BCUT2D eigenvalue weighted by Gasteiger charge is -2.21. The second kappa shape index (κ2) is 52.2. The zero-order valence-corrected chi connectivity index (χ0v) is 50.9. The molecule has 3 N–H and O–H groups in total. The summed E-state index contributed by atoms with van der Waals surface area (Å²) < 4.78 is 67.6. The minimum absolute atomic E-state index is 0.103. The minimum Gasteiger partial charge on any atom is -0.462 e. The van der Waals surface area contributed by atoms with Gasteiger partial charge in [0.1, 0.15) is 19.3 Å². The van der Waals surface area contributed by atoms with Gasteiger partial charge in [-0.05, 0) is 31.6 Å². The van der Waals surface area contributed by atoms with Crippen molar-refractivity contribution >= 4 is 39.5 Å². The average Bonchev–Trinajstić information content (AvgIpc) is 3.40. The van der Waals surface area contributed by atoms with E-state index in [2.05, 4.69) is 34.6 Å². The molecule has 19 heteroatoms. The first-order valence-corrected chi connectivity index (χ1v) is 33.7. The van der Waals surface area contributed by atoms with E-state index in [4.69, 9.17) is 37.0 Å². The summed E-state index contributed by atoms with van der Waals surface area (Å²) in [5.74, 6) is -1.43. The molecule has 0 saturated carbocycles. The zero-order chi connectivity index (χ0) is 57.1. The molecule has 0 aromatic carbocycles. The average molecular weight is 1140 g/mol. The van der Waals surface area contributed by atoms with Crippen molar-refractivity contribution in [2.45, 2.75) is 303 Å². The fourth-order valence-electron chi connectivity index (χ4n) is 8.49. The molecule has 0 aliphatic heterocycles. The molecule has 17 nitrogen and oxygen atoms in total. The van der Waals surface area contributed by atoms with E-state index in [0.29, 0.717) is 25.7 Å². The normalized spacial score (nSPS) is 14.8. The van der Waals surface area contributed by atoms with Crippen LogP contribution in [0, 0.1) is 5.92 Å². The Morgan fingerprint density at radius 2 is 0.623 bits per heavy atom. The van der Waals surface area contributed by atoms with Gasteiger partial charge >= 0.3 is 39.5 Å². The van der Waals surface area contributed by atoms with Gasteiger partial charge in [0.15, 0.2) is 12.2 Å². The van der Waals surface area contributed by atoms with Crippen LogP contribution >= 0.6 is 15.6 Å². The van der Waals surface area contributed by atoms with Crippen LogP contribution in [0.1, 0.15) is 285 Å². The number of unbranched alkanes of at least 4 members (excludes halogenated alkanes) is 29. The summed E-state index contributed by atoms with van der Waals surface area (Å²) in [7, 11) is -9.87. The lowest BCUT2D eigenvalue weighted by Crippen LogP contribution is -2.30. The van der Waals surface area contributed by atoms with Gasteiger partial charge in [-0.2, -0.15) is 0 Å². The van der Waals surface area contributed by atoms with Crippen LogP contribution in [-0.2, 0) is 65.4 Å². The van der Waals surface area contributed by atoms with E-state index >= 15 is 0 Å². The van der Waals surface area contributed by atoms with Crippen LogP contribution in [-0.4, -0.2) is 96.7 Å². The molecule has 0 aromatic rings. The number of hydrogen-bond donors (Lipinski definition) is 3. The molecule has 0 spiro atoms. The standard InChI is InChI=1S/C58H112O17P2/c1-6-10-13-16-19-21-23-26-32-37-42-56(61)69-48-54(75-58(63)44-39-34-29-28-30-35-40-51(5)9-4)50-73-77(66,67)71-46-52(59)45-70-76(64,65)72-49-53(47-68-55(60)41-36-31-25-18-15-12-8-3)74-57(62)43-38-33-27-24-22-20-17-14-11-7-2/h51-54,59H,6-50H2,1-5H3,(H,64,65)(H,66,67)/t51?,52-,53+,54+/m0/s1. The van der Waals surface area contributed by atoms with Crippen LogP contribution in [0.2, 0.25) is 0 Å². The molecule has 456 valence electrons. The van der Waals surface area contributed by atoms with E-state index in [0.717, 1.165) is 109 Å². The van der Waals surface area contributed by atoms with Gasteiger partial charge in [0.05, 0.1) is 26.4 Å². The zero-order valence-electron chi connectivity index (χ0n) is 49.1. The highest BCUT2D eigenvalue weighted by atomic mass is 31.2. The number of phosphoric acid groups is 2. The second-order valence-electron chi connectivity index (χ2n) is 21.3. The summed E-state index contributed by atoms with van der Waals surface area (Å²) in [6.07, 6.45) is 33.5. The van der Waals surface area contributed by atoms with Gasteiger partial charge in [0.2, 0.25) is 0 Å². The lowest BCUT2D eigenvalue weighted by molar-refractivity contribution is -0.161. The van der Waals surface area contributed by atoms with Gasteiger partial charge in [-0.25, -0.2) is 9.13 Å². The van der Waals surface area contributed by atoms with Crippen LogP contribution in [0.3, 0.4) is 0 Å². The molecule has 0 radical (unpaired) electrons. The maximum Gasteiger partial charge on any atom is 0.472 e. The molecule has 0 bridgehead atoms. The van der Waals surface area contributed by atoms with Crippen LogP contribution in [0.25, 0.3) is 0 Å². The number of carbonyl (C=O) groups is 4. The van der Waals surface area contributed by atoms with E-state index in [1.54, 1.807) is 0 Å². The largest absolute Gasteiger partial charge is 0.472 e. The van der Waals surface area contributed by atoms with E-state index in [1.807, 2.05) is 0 Å². The van der Waals surface area contributed by atoms with Gasteiger partial charge in [-0.3, -0.25) is 37.3 Å². The third-order valence-electron chi connectivity index (χ3n) is 13.6. The highest BCUT2D eigenvalue weighted by Crippen LogP contribution is 2.45. The van der Waals surface area contributed by atoms with Crippen LogP contribution in [0.4, 0.5) is 0 Å². The lowest BCUT2D eigenvalue weighted by atomic mass is 10.00. The predicted octanol–water partition coefficient (Wildman–Crippen LogP) is 15.5. The van der Waals surface area contributed by atoms with Crippen molar-refractivity contribution in [2.24, 2.45) is 5.92 Å². The molecule has 0 aliphatic carbocycles. The van der Waals surface area contributed by atoms with Crippen LogP contribution < -0.4 is 0 Å². The second-order valence-corrected chi connectivity index (χ2v) is 24.2. The van der Waals surface area contributed by atoms with Gasteiger partial charge in [-0.15, -0.1) is 0 Å². The number of phosphoric ester groups is 2. The van der Waals surface area contributed by atoms with Crippen molar-refractivity contribution < 1.29 is 80.2 Å². The Bertz CT molecular complexity index is 1520. The number of hydrogen-bond acceptors (Lipinski definition) is 15. The van der Waals surface area contributed by atoms with Crippen molar-refractivity contribution in [3.05, 3.63) is 0 Å². The Labute approximate surface area is 467 Å². The van der Waals surface area contributed by atoms with Crippen molar-refractivity contribution in [3.8, 4) is 0 Å². The van der Waals surface area contributed by atoms with Gasteiger partial charge in [0.25, 0.3) is 0 Å². The summed E-state index contributed by atoms with van der Waals surface area (Å²) >= 11 is 0. The SMILES string of the molecule is CCCCCCCCCCCCC(=O)OC[C@H](COP(=O)(O)OC[C@@H](O)COP(=O)(O)OC[C@@H](COC(=O)CCCCCCCCC)OC(=O)CCCCCCCCCCCC)OC(=O)CCCCCCCCC(C)CC. The predicted molar refractivity (Wildman–Crippen MR) is 303 cm³/mol. The summed E-state index contributed by atoms with van der Waals surface area (Å²) in [4.78, 5) is 71.7. The maximum atomic E-state index is 12.9. The first-order chi connectivity index (χ1) is 37.1. The van der Waals surface area contributed by atoms with Gasteiger partial charge in [-0.1, -0.05) is 234 Å². The molecule has 6 atom stereocenters. The number of aliphatic hydroxyl groups excluding tert-OH is 1. The van der Waals surface area contributed by atoms with E-state index in [-0.39, 0.29) is 25.7 Å². The summed E-state index contributed by atoms with van der Waals surface area (Å²) in [6.45, 7) is 7.04. The Hall–Kier alpha value is -1.94. The molecular weight excluding hydrogens is 1030 g/mol. The third-order valence-corrected chi connectivity index (χ3v) is 15.5. The molecule has 0 amide bonds. The summed E-state index contributed by atoms with van der Waals surface area (Å²) in [5, 5.41) is 10.5. The molecule has 77 heavy (non-hydrogen) atoms. The van der Waals surface area contributed by atoms with Crippen molar-refractivity contribution in [2.75, 3.05) is 39.6 Å². The fourth-order valence-corrected chi connectivity index (χ4v) is 10.1. The monoisotopic (exact) mass is 1140 g/mol. The van der Waals surface area contributed by atoms with E-state index in [1.165, 1.54) is 96.3 Å². The molecule has 0 rings (SSSR count). The molecular formula is C58H112O17P2.